The standard InChI is InChI=1S/C12H18BrN3OS/c1-12(2,3)10-9(18-16-15-10)11(17)14-6-8(13)7-4-5-7/h7-8H,4-6H2,1-3H3,(H,14,17). The van der Waals surface area contributed by atoms with Crippen molar-refractivity contribution in [1.29, 1.82) is 0 Å². The highest BCUT2D eigenvalue weighted by molar-refractivity contribution is 9.09. The van der Waals surface area contributed by atoms with Gasteiger partial charge in [-0.15, -0.1) is 5.10 Å². The number of nitrogens with one attached hydrogen (secondary N) is 1. The van der Waals surface area contributed by atoms with Crippen LogP contribution in [0, 0.1) is 5.92 Å². The topological polar surface area (TPSA) is 54.9 Å². The van der Waals surface area contributed by atoms with Gasteiger partial charge >= 0.3 is 0 Å². The Morgan fingerprint density at radius 3 is 2.78 bits per heavy atom. The number of carbonyl (C=O) groups is 1. The average Bonchev–Trinajstić information content (AvgIpc) is 3.00. The van der Waals surface area contributed by atoms with Crippen LogP contribution < -0.4 is 5.32 Å². The number of hydrogen-bond donors (Lipinski definition) is 1. The molecule has 1 aliphatic carbocycles. The van der Waals surface area contributed by atoms with Gasteiger partial charge in [0.2, 0.25) is 0 Å². The minimum Gasteiger partial charge on any atom is -0.350 e. The maximum absolute atomic E-state index is 12.1. The summed E-state index contributed by atoms with van der Waals surface area (Å²) < 4.78 is 3.90. The maximum Gasteiger partial charge on any atom is 0.265 e. The van der Waals surface area contributed by atoms with Crippen LogP contribution in [0.3, 0.4) is 0 Å². The van der Waals surface area contributed by atoms with Gasteiger partial charge in [0, 0.05) is 16.8 Å². The van der Waals surface area contributed by atoms with Crippen LogP contribution >= 0.6 is 27.5 Å². The van der Waals surface area contributed by atoms with E-state index in [-0.39, 0.29) is 11.3 Å². The van der Waals surface area contributed by atoms with Crippen LogP contribution in [-0.4, -0.2) is 26.9 Å². The zero-order valence-electron chi connectivity index (χ0n) is 10.9. The molecule has 2 rings (SSSR count). The van der Waals surface area contributed by atoms with Crippen molar-refractivity contribution in [3.8, 4) is 0 Å². The van der Waals surface area contributed by atoms with E-state index in [0.29, 0.717) is 16.2 Å². The second kappa shape index (κ2) is 5.25. The predicted molar refractivity (Wildman–Crippen MR) is 76.4 cm³/mol. The second-order valence-corrected chi connectivity index (χ2v) is 7.69. The Labute approximate surface area is 120 Å². The summed E-state index contributed by atoms with van der Waals surface area (Å²) in [5.74, 6) is 0.673. The molecule has 1 heterocycles. The minimum absolute atomic E-state index is 0.0555. The fourth-order valence-electron chi connectivity index (χ4n) is 1.73. The highest BCUT2D eigenvalue weighted by Gasteiger charge is 2.30. The Balaban J connectivity index is 1.98. The summed E-state index contributed by atoms with van der Waals surface area (Å²) in [7, 11) is 0. The number of nitrogens with zero attached hydrogens (tertiary/aromatic N) is 2. The van der Waals surface area contributed by atoms with Crippen LogP contribution in [-0.2, 0) is 5.41 Å². The van der Waals surface area contributed by atoms with Gasteiger partial charge in [0.15, 0.2) is 0 Å². The molecule has 0 bridgehead atoms. The fourth-order valence-corrected chi connectivity index (χ4v) is 3.21. The van der Waals surface area contributed by atoms with Crippen molar-refractivity contribution in [3.05, 3.63) is 10.6 Å². The molecule has 1 N–H and O–H groups in total. The lowest BCUT2D eigenvalue weighted by Crippen LogP contribution is -2.31. The van der Waals surface area contributed by atoms with Crippen molar-refractivity contribution in [1.82, 2.24) is 14.9 Å². The molecule has 1 aromatic rings. The Kier molecular flexibility index (Phi) is 4.06. The van der Waals surface area contributed by atoms with Gasteiger partial charge in [-0.2, -0.15) is 0 Å². The summed E-state index contributed by atoms with van der Waals surface area (Å²) in [6, 6.07) is 0. The van der Waals surface area contributed by atoms with E-state index in [1.54, 1.807) is 0 Å². The molecule has 18 heavy (non-hydrogen) atoms. The first-order valence-electron chi connectivity index (χ1n) is 6.14. The maximum atomic E-state index is 12.1. The molecule has 0 aliphatic heterocycles. The van der Waals surface area contributed by atoms with Gasteiger partial charge in [-0.25, -0.2) is 0 Å². The molecule has 1 atom stereocenters. The van der Waals surface area contributed by atoms with E-state index in [9.17, 15) is 4.79 Å². The Bertz CT molecular complexity index is 437. The lowest BCUT2D eigenvalue weighted by molar-refractivity contribution is 0.0955. The highest BCUT2D eigenvalue weighted by atomic mass is 79.9. The third-order valence-electron chi connectivity index (χ3n) is 3.00. The minimum atomic E-state index is -0.149. The van der Waals surface area contributed by atoms with Gasteiger partial charge in [0.1, 0.15) is 4.88 Å². The van der Waals surface area contributed by atoms with Crippen LogP contribution in [0.1, 0.15) is 49.0 Å². The largest absolute Gasteiger partial charge is 0.350 e. The monoisotopic (exact) mass is 331 g/mol. The first kappa shape index (κ1) is 13.9. The lowest BCUT2D eigenvalue weighted by Gasteiger charge is -2.16. The van der Waals surface area contributed by atoms with E-state index in [1.165, 1.54) is 24.4 Å². The van der Waals surface area contributed by atoms with E-state index in [0.717, 1.165) is 11.6 Å². The molecule has 0 spiro atoms. The number of aromatic nitrogens is 2. The van der Waals surface area contributed by atoms with Crippen molar-refractivity contribution in [3.63, 3.8) is 0 Å². The highest BCUT2D eigenvalue weighted by Crippen LogP contribution is 2.36. The molecule has 1 aliphatic rings. The van der Waals surface area contributed by atoms with E-state index in [4.69, 9.17) is 0 Å². The average molecular weight is 332 g/mol. The van der Waals surface area contributed by atoms with E-state index in [1.807, 2.05) is 20.8 Å². The number of amides is 1. The molecule has 1 fully saturated rings. The van der Waals surface area contributed by atoms with Gasteiger partial charge in [-0.3, -0.25) is 4.79 Å². The summed E-state index contributed by atoms with van der Waals surface area (Å²) in [5.41, 5.74) is 0.631. The Morgan fingerprint density at radius 2 is 2.22 bits per heavy atom. The number of carbonyl (C=O) groups excluding carboxylic acids is 1. The smallest absolute Gasteiger partial charge is 0.265 e. The normalized spacial score (nSPS) is 17.6. The molecular weight excluding hydrogens is 314 g/mol. The Hall–Kier alpha value is -0.490. The van der Waals surface area contributed by atoms with Crippen molar-refractivity contribution in [2.24, 2.45) is 5.92 Å². The van der Waals surface area contributed by atoms with Gasteiger partial charge in [-0.1, -0.05) is 41.2 Å². The molecule has 1 saturated carbocycles. The van der Waals surface area contributed by atoms with Crippen molar-refractivity contribution >= 4 is 33.4 Å². The molecule has 1 unspecified atom stereocenters. The molecule has 0 saturated heterocycles. The third-order valence-corrected chi connectivity index (χ3v) is 4.79. The molecule has 1 amide bonds. The predicted octanol–water partition coefficient (Wildman–Crippen LogP) is 2.74. The number of alkyl halides is 1. The van der Waals surface area contributed by atoms with Gasteiger partial charge in [0.05, 0.1) is 5.69 Å². The molecule has 4 nitrogen and oxygen atoms in total. The molecule has 0 aromatic carbocycles. The second-order valence-electron chi connectivity index (χ2n) is 5.76. The van der Waals surface area contributed by atoms with Crippen LogP contribution in [0.15, 0.2) is 0 Å². The Morgan fingerprint density at radius 1 is 1.56 bits per heavy atom. The number of hydrogen-bond acceptors (Lipinski definition) is 4. The summed E-state index contributed by atoms with van der Waals surface area (Å²) >= 11 is 4.78. The van der Waals surface area contributed by atoms with E-state index < -0.39 is 0 Å². The molecule has 1 aromatic heterocycles. The van der Waals surface area contributed by atoms with Gasteiger partial charge in [0.25, 0.3) is 5.91 Å². The van der Waals surface area contributed by atoms with Crippen molar-refractivity contribution in [2.45, 2.75) is 43.9 Å². The van der Waals surface area contributed by atoms with Crippen LogP contribution in [0.25, 0.3) is 0 Å². The molecule has 0 radical (unpaired) electrons. The first-order chi connectivity index (χ1) is 8.39. The summed E-state index contributed by atoms with van der Waals surface area (Å²) in [5, 5.41) is 7.04. The summed E-state index contributed by atoms with van der Waals surface area (Å²) in [6.45, 7) is 6.79. The van der Waals surface area contributed by atoms with Crippen LogP contribution in [0.5, 0.6) is 0 Å². The summed E-state index contributed by atoms with van der Waals surface area (Å²) in [6.07, 6.45) is 2.53. The van der Waals surface area contributed by atoms with Crippen molar-refractivity contribution < 1.29 is 4.79 Å². The molecular formula is C12H18BrN3OS. The third kappa shape index (κ3) is 3.29. The number of rotatable bonds is 4. The number of halogens is 1. The van der Waals surface area contributed by atoms with Gasteiger partial charge in [-0.05, 0) is 30.3 Å². The fraction of sp³-hybridized carbons (Fsp3) is 0.750. The van der Waals surface area contributed by atoms with Gasteiger partial charge < -0.3 is 5.32 Å². The SMILES string of the molecule is CC(C)(C)c1nnsc1C(=O)NCC(Br)C1CC1. The van der Waals surface area contributed by atoms with Crippen LogP contribution in [0.2, 0.25) is 0 Å². The molecule has 100 valence electrons. The van der Waals surface area contributed by atoms with E-state index in [2.05, 4.69) is 30.8 Å². The van der Waals surface area contributed by atoms with Crippen LogP contribution in [0.4, 0.5) is 0 Å². The van der Waals surface area contributed by atoms with E-state index >= 15 is 0 Å². The summed E-state index contributed by atoms with van der Waals surface area (Å²) in [4.78, 5) is 13.1. The molecule has 6 heteroatoms. The lowest BCUT2D eigenvalue weighted by atomic mass is 9.91. The zero-order chi connectivity index (χ0) is 13.3. The zero-order valence-corrected chi connectivity index (χ0v) is 13.3. The quantitative estimate of drug-likeness (QED) is 0.863. The first-order valence-corrected chi connectivity index (χ1v) is 7.83. The van der Waals surface area contributed by atoms with Crippen molar-refractivity contribution in [2.75, 3.05) is 6.54 Å².